The first-order valence-corrected chi connectivity index (χ1v) is 20.7. The molecule has 0 unspecified atom stereocenters. The molecule has 316 valence electrons. The number of benzene rings is 6. The molecule has 0 aliphatic heterocycles. The fourth-order valence-electron chi connectivity index (χ4n) is 7.25. The lowest BCUT2D eigenvalue weighted by Crippen LogP contribution is -2.19. The number of nitrogens with one attached hydrogen (secondary N) is 1. The van der Waals surface area contributed by atoms with Crippen LogP contribution in [0.5, 0.6) is 34.5 Å². The maximum atomic E-state index is 11.3. The lowest BCUT2D eigenvalue weighted by atomic mass is 9.83. The minimum absolute atomic E-state index is 0.0469. The van der Waals surface area contributed by atoms with Gasteiger partial charge in [-0.2, -0.15) is 0 Å². The molecule has 14 heteroatoms. The number of anilines is 5. The van der Waals surface area contributed by atoms with Crippen LogP contribution in [0.25, 0.3) is 27.9 Å². The molecule has 0 saturated heterocycles. The highest BCUT2D eigenvalue weighted by Gasteiger charge is 2.29. The Morgan fingerprint density at radius 1 is 0.548 bits per heavy atom. The summed E-state index contributed by atoms with van der Waals surface area (Å²) in [7, 11) is 12.4. The molecule has 62 heavy (non-hydrogen) atoms. The van der Waals surface area contributed by atoms with Crippen LogP contribution in [-0.4, -0.2) is 50.9 Å². The van der Waals surface area contributed by atoms with Crippen LogP contribution in [-0.2, 0) is 16.2 Å². The molecule has 7 rings (SSSR count). The molecular weight excluding hydrogens is 848 g/mol. The zero-order valence-corrected chi connectivity index (χ0v) is 37.6. The number of phenolic OH excluding ortho intramolecular Hbond substituents is 6. The summed E-state index contributed by atoms with van der Waals surface area (Å²) in [6, 6.07) is 28.2. The second-order valence-corrected chi connectivity index (χ2v) is 19.3. The first-order chi connectivity index (χ1) is 28.9. The Hall–Kier alpha value is -6.27. The van der Waals surface area contributed by atoms with Crippen molar-refractivity contribution in [2.75, 3.05) is 10.2 Å². The van der Waals surface area contributed by atoms with Gasteiger partial charge in [0.1, 0.15) is 27.0 Å². The summed E-state index contributed by atoms with van der Waals surface area (Å²) in [6.45, 7) is 19.5. The second-order valence-electron chi connectivity index (χ2n) is 18.5. The molecule has 1 aromatic heterocycles. The van der Waals surface area contributed by atoms with Gasteiger partial charge in [0, 0.05) is 22.7 Å². The van der Waals surface area contributed by atoms with E-state index in [4.69, 9.17) is 24.8 Å². The van der Waals surface area contributed by atoms with E-state index in [0.717, 1.165) is 27.1 Å². The summed E-state index contributed by atoms with van der Waals surface area (Å²) in [4.78, 5) is 2.22. The first kappa shape index (κ1) is 43.8. The first-order valence-electron chi connectivity index (χ1n) is 19.9. The lowest BCUT2D eigenvalue weighted by Gasteiger charge is -2.31. The van der Waals surface area contributed by atoms with E-state index in [1.165, 1.54) is 15.7 Å². The molecule has 6 aromatic carbocycles. The Bertz CT molecular complexity index is 2790. The van der Waals surface area contributed by atoms with Crippen molar-refractivity contribution < 1.29 is 39.8 Å². The number of halogens is 1. The molecule has 0 atom stereocenters. The number of phenols is 6. The quantitative estimate of drug-likeness (QED) is 0.0369. The van der Waals surface area contributed by atoms with Gasteiger partial charge in [-0.25, -0.2) is 0 Å². The van der Waals surface area contributed by atoms with Crippen LogP contribution in [0.4, 0.5) is 28.4 Å². The van der Waals surface area contributed by atoms with Gasteiger partial charge in [-0.1, -0.05) is 92.6 Å². The summed E-state index contributed by atoms with van der Waals surface area (Å²) < 4.78 is 12.7. The van der Waals surface area contributed by atoms with Crippen molar-refractivity contribution in [2.24, 2.45) is 0 Å². The van der Waals surface area contributed by atoms with Gasteiger partial charge in [0.05, 0.1) is 21.4 Å². The molecule has 0 bridgehead atoms. The Balaban J connectivity index is 1.47. The Morgan fingerprint density at radius 2 is 1.05 bits per heavy atom. The highest BCUT2D eigenvalue weighted by Crippen LogP contribution is 2.50. The molecular formula is C48H48B2BrN3O8. The van der Waals surface area contributed by atoms with Crippen LogP contribution in [0.3, 0.4) is 0 Å². The summed E-state index contributed by atoms with van der Waals surface area (Å²) in [5.74, 6) is -5.62. The molecule has 0 amide bonds. The average Bonchev–Trinajstić information content (AvgIpc) is 3.39. The molecule has 0 aliphatic carbocycles. The third-order valence-electron chi connectivity index (χ3n) is 11.0. The van der Waals surface area contributed by atoms with E-state index in [-0.39, 0.29) is 27.4 Å². The van der Waals surface area contributed by atoms with Crippen molar-refractivity contribution >= 4 is 93.2 Å². The number of hydrogen-bond donors (Lipinski definition) is 7. The van der Waals surface area contributed by atoms with Crippen LogP contribution < -0.4 is 21.1 Å². The van der Waals surface area contributed by atoms with Crippen molar-refractivity contribution in [2.45, 2.75) is 78.6 Å². The third-order valence-corrected chi connectivity index (χ3v) is 11.8. The molecule has 0 spiro atoms. The van der Waals surface area contributed by atoms with E-state index in [9.17, 15) is 30.6 Å². The standard InChI is InChI=1S/C48H48B2BrN3O8/c1-46(2,3)24-13-17-28(18-14-24)53(29-19-15-25(16-20-29)47(4,5)6)32-22-26(48(7,8)9)21-31(35(32)51)52-27-11-10-12-30(23-27)54-36-33(49)38(55)34(50)39(56)44(36)61-62-45-37(54)40(57)41(58)42(59)43(45)60/h10-23,52,55-60H,1-9H3. The Labute approximate surface area is 371 Å². The van der Waals surface area contributed by atoms with Gasteiger partial charge in [0.15, 0.2) is 11.5 Å². The van der Waals surface area contributed by atoms with Gasteiger partial charge in [0.25, 0.3) is 5.58 Å². The van der Waals surface area contributed by atoms with E-state index in [1.54, 1.807) is 24.3 Å². The van der Waals surface area contributed by atoms with Gasteiger partial charge in [-0.3, -0.25) is 9.15 Å². The number of hydrogen-bond acceptors (Lipinski definition) is 10. The predicted octanol–water partition coefficient (Wildman–Crippen LogP) is 10.8. The second kappa shape index (κ2) is 15.6. The fourth-order valence-corrected chi connectivity index (χ4v) is 7.76. The largest absolute Gasteiger partial charge is 0.509 e. The van der Waals surface area contributed by atoms with Crippen LogP contribution in [0.2, 0.25) is 0 Å². The molecule has 11 nitrogen and oxygen atoms in total. The van der Waals surface area contributed by atoms with Gasteiger partial charge in [-0.15, -0.1) is 0 Å². The number of rotatable bonds is 6. The minimum atomic E-state index is -1.10. The topological polar surface area (TPSA) is 168 Å². The summed E-state index contributed by atoms with van der Waals surface area (Å²) in [6.07, 6.45) is 0. The summed E-state index contributed by atoms with van der Waals surface area (Å²) >= 11 is 4.00. The van der Waals surface area contributed by atoms with Crippen molar-refractivity contribution in [3.63, 3.8) is 0 Å². The van der Waals surface area contributed by atoms with E-state index in [2.05, 4.69) is 149 Å². The lowest BCUT2D eigenvalue weighted by molar-refractivity contribution is 0.0875. The molecule has 7 N–H and O–H groups in total. The normalized spacial score (nSPS) is 12.2. The summed E-state index contributed by atoms with van der Waals surface area (Å²) in [5, 5.41) is 69.0. The van der Waals surface area contributed by atoms with E-state index < -0.39 is 62.1 Å². The third kappa shape index (κ3) is 7.76. The molecule has 4 radical (unpaired) electrons. The number of aromatic hydroxyl groups is 6. The molecule has 1 heterocycles. The molecule has 0 aliphatic rings. The van der Waals surface area contributed by atoms with E-state index in [1.807, 2.05) is 0 Å². The predicted molar refractivity (Wildman–Crippen MR) is 252 cm³/mol. The van der Waals surface area contributed by atoms with Crippen molar-refractivity contribution in [3.8, 4) is 40.2 Å². The SMILES string of the molecule is [B]c1c(O)c([B])c2c(ooc3c(O)c(O)c(O)c(O)c3n2-c2cccc(Nc3cc(C(C)(C)C)cc(N(c4ccc(C(C)(C)C)cc4)c4ccc(C(C)(C)C)cc4)c3Br)c2)c1O. The Kier molecular flexibility index (Phi) is 11.0. The number of aromatic nitrogens is 1. The van der Waals surface area contributed by atoms with Crippen LogP contribution in [0, 0.1) is 0 Å². The van der Waals surface area contributed by atoms with Crippen molar-refractivity contribution in [1.29, 1.82) is 0 Å². The smallest absolute Gasteiger partial charge is 0.252 e. The average molecular weight is 896 g/mol. The monoisotopic (exact) mass is 895 g/mol. The van der Waals surface area contributed by atoms with Crippen molar-refractivity contribution in [1.82, 2.24) is 4.57 Å². The van der Waals surface area contributed by atoms with Crippen LogP contribution in [0.15, 0.2) is 98.6 Å². The van der Waals surface area contributed by atoms with Gasteiger partial charge in [-0.05, 0) is 114 Å². The van der Waals surface area contributed by atoms with Gasteiger partial charge < -0.3 is 45.4 Å². The van der Waals surface area contributed by atoms with E-state index in [0.29, 0.717) is 11.4 Å². The Morgan fingerprint density at radius 3 is 1.56 bits per heavy atom. The van der Waals surface area contributed by atoms with Gasteiger partial charge >= 0.3 is 0 Å². The minimum Gasteiger partial charge on any atom is -0.509 e. The van der Waals surface area contributed by atoms with Gasteiger partial charge in [0.2, 0.25) is 22.8 Å². The molecule has 0 fully saturated rings. The highest BCUT2D eigenvalue weighted by molar-refractivity contribution is 9.10. The van der Waals surface area contributed by atoms with Crippen LogP contribution >= 0.6 is 15.9 Å². The molecule has 0 saturated carbocycles. The number of nitrogens with zero attached hydrogens (tertiary/aromatic N) is 2. The maximum absolute atomic E-state index is 11.3. The van der Waals surface area contributed by atoms with Crippen molar-refractivity contribution in [3.05, 3.63) is 106 Å². The van der Waals surface area contributed by atoms with Crippen LogP contribution in [0.1, 0.15) is 79.0 Å². The zero-order chi connectivity index (χ0) is 45.4. The maximum Gasteiger partial charge on any atom is 0.252 e. The number of fused-ring (bicyclic) bond motifs is 2. The fraction of sp³-hybridized carbons (Fsp3) is 0.250. The highest BCUT2D eigenvalue weighted by atomic mass is 79.9. The molecule has 7 aromatic rings. The van der Waals surface area contributed by atoms with E-state index >= 15 is 0 Å². The summed E-state index contributed by atoms with van der Waals surface area (Å²) in [5.41, 5.74) is 4.38. The zero-order valence-electron chi connectivity index (χ0n) is 36.0.